The highest BCUT2D eigenvalue weighted by Gasteiger charge is 2.16. The first-order valence-corrected chi connectivity index (χ1v) is 5.48. The minimum atomic E-state index is -4.56. The van der Waals surface area contributed by atoms with Gasteiger partial charge in [0, 0.05) is 13.6 Å². The van der Waals surface area contributed by atoms with Gasteiger partial charge in [0.25, 0.3) is 0 Å². The van der Waals surface area contributed by atoms with Crippen molar-refractivity contribution in [1.29, 1.82) is 0 Å². The maximum Gasteiger partial charge on any atom is 0.472 e. The van der Waals surface area contributed by atoms with Crippen LogP contribution in [0.15, 0.2) is 0 Å². The van der Waals surface area contributed by atoms with Gasteiger partial charge in [-0.05, 0) is 6.42 Å². The van der Waals surface area contributed by atoms with E-state index in [0.29, 0.717) is 6.54 Å². The molecule has 0 aliphatic heterocycles. The first-order chi connectivity index (χ1) is 6.37. The molecule has 0 aromatic carbocycles. The number of carbonyl (C=O) groups excluding carboxylic acids is 1. The molecule has 7 nitrogen and oxygen atoms in total. The molecule has 0 unspecified atom stereocenters. The number of ether oxygens (including phenoxy) is 1. The summed E-state index contributed by atoms with van der Waals surface area (Å²) in [4.78, 5) is 28.8. The number of carbonyl (C=O) groups is 1. The molecule has 0 fully saturated rings. The lowest BCUT2D eigenvalue weighted by Crippen LogP contribution is -2.28. The summed E-state index contributed by atoms with van der Waals surface area (Å²) in [6.45, 7) is 1.64. The van der Waals surface area contributed by atoms with Crippen molar-refractivity contribution in [2.75, 3.05) is 20.4 Å². The molecule has 0 heterocycles. The van der Waals surface area contributed by atoms with E-state index in [9.17, 15) is 9.36 Å². The van der Waals surface area contributed by atoms with Gasteiger partial charge in [0.1, 0.15) is 0 Å². The van der Waals surface area contributed by atoms with Crippen molar-refractivity contribution >= 4 is 13.9 Å². The summed E-state index contributed by atoms with van der Waals surface area (Å²) in [6.07, 6.45) is 0.0885. The molecule has 1 amide bonds. The number of rotatable bonds is 5. The van der Waals surface area contributed by atoms with Crippen LogP contribution in [0.25, 0.3) is 0 Å². The lowest BCUT2D eigenvalue weighted by molar-refractivity contribution is 0.0239. The average molecular weight is 227 g/mol. The first-order valence-electron chi connectivity index (χ1n) is 3.94. The summed E-state index contributed by atoms with van der Waals surface area (Å²) in [5.41, 5.74) is 0. The second kappa shape index (κ2) is 5.98. The van der Waals surface area contributed by atoms with Crippen molar-refractivity contribution in [1.82, 2.24) is 4.90 Å². The number of hydrogen-bond acceptors (Lipinski definition) is 4. The molecule has 84 valence electrons. The van der Waals surface area contributed by atoms with E-state index in [-0.39, 0.29) is 0 Å². The van der Waals surface area contributed by atoms with Gasteiger partial charge in [-0.25, -0.2) is 13.9 Å². The van der Waals surface area contributed by atoms with Gasteiger partial charge in [-0.15, -0.1) is 0 Å². The molecular weight excluding hydrogens is 213 g/mol. The fraction of sp³-hybridized carbons (Fsp3) is 0.833. The van der Waals surface area contributed by atoms with Gasteiger partial charge in [-0.1, -0.05) is 6.92 Å². The van der Waals surface area contributed by atoms with Gasteiger partial charge in [0.15, 0.2) is 0 Å². The van der Waals surface area contributed by atoms with Crippen molar-refractivity contribution in [2.24, 2.45) is 0 Å². The quantitative estimate of drug-likeness (QED) is 0.525. The Morgan fingerprint density at radius 3 is 2.50 bits per heavy atom. The normalized spacial score (nSPS) is 11.1. The maximum atomic E-state index is 11.0. The smallest absolute Gasteiger partial charge is 0.422 e. The summed E-state index contributed by atoms with van der Waals surface area (Å²) in [5.74, 6) is 0. The zero-order chi connectivity index (χ0) is 11.2. The van der Waals surface area contributed by atoms with E-state index in [0.717, 1.165) is 6.42 Å². The summed E-state index contributed by atoms with van der Waals surface area (Å²) >= 11 is 0. The third kappa shape index (κ3) is 6.85. The molecule has 8 heteroatoms. The number of nitrogens with zero attached hydrogens (tertiary/aromatic N) is 1. The number of hydrogen-bond donors (Lipinski definition) is 2. The molecule has 0 aliphatic carbocycles. The van der Waals surface area contributed by atoms with Gasteiger partial charge >= 0.3 is 13.9 Å². The predicted octanol–water partition coefficient (Wildman–Crippen LogP) is 0.532. The van der Waals surface area contributed by atoms with E-state index >= 15 is 0 Å². The number of phosphoric acid groups is 1. The minimum absolute atomic E-state index is 0.509. The van der Waals surface area contributed by atoms with Gasteiger partial charge < -0.3 is 19.4 Å². The van der Waals surface area contributed by atoms with Crippen molar-refractivity contribution in [2.45, 2.75) is 13.3 Å². The third-order valence-electron chi connectivity index (χ3n) is 1.27. The van der Waals surface area contributed by atoms with Gasteiger partial charge in [-0.2, -0.15) is 0 Å². The standard InChI is InChI=1S/C6H14NO6P/c1-3-4-7(2)6(8)12-5-13-14(9,10)11/h3-5H2,1-2H3,(H2,9,10,11). The Kier molecular flexibility index (Phi) is 5.71. The van der Waals surface area contributed by atoms with Crippen molar-refractivity contribution < 1.29 is 28.4 Å². The molecular formula is C6H14NO6P. The largest absolute Gasteiger partial charge is 0.472 e. The van der Waals surface area contributed by atoms with Crippen LogP contribution >= 0.6 is 7.82 Å². The Bertz CT molecular complexity index is 226. The Morgan fingerprint density at radius 2 is 2.07 bits per heavy atom. The molecule has 0 saturated heterocycles. The molecule has 14 heavy (non-hydrogen) atoms. The zero-order valence-corrected chi connectivity index (χ0v) is 8.94. The van der Waals surface area contributed by atoms with Gasteiger partial charge in [-0.3, -0.25) is 0 Å². The highest BCUT2D eigenvalue weighted by Crippen LogP contribution is 2.35. The number of amides is 1. The highest BCUT2D eigenvalue weighted by molar-refractivity contribution is 7.46. The van der Waals surface area contributed by atoms with Crippen LogP contribution in [-0.4, -0.2) is 41.2 Å². The summed E-state index contributed by atoms with van der Waals surface area (Å²) in [7, 11) is -3.05. The second-order valence-corrected chi connectivity index (χ2v) is 3.81. The van der Waals surface area contributed by atoms with E-state index < -0.39 is 20.7 Å². The summed E-state index contributed by atoms with van der Waals surface area (Å²) in [5, 5.41) is 0. The molecule has 0 bridgehead atoms. The predicted molar refractivity (Wildman–Crippen MR) is 47.4 cm³/mol. The third-order valence-corrected chi connectivity index (χ3v) is 1.72. The van der Waals surface area contributed by atoms with E-state index in [1.807, 2.05) is 6.92 Å². The SMILES string of the molecule is CCCN(C)C(=O)OCOP(=O)(O)O. The second-order valence-electron chi connectivity index (χ2n) is 2.57. The van der Waals surface area contributed by atoms with Crippen LogP contribution in [0, 0.1) is 0 Å². The average Bonchev–Trinajstić information content (AvgIpc) is 2.02. The summed E-state index contributed by atoms with van der Waals surface area (Å²) < 4.78 is 18.5. The van der Waals surface area contributed by atoms with E-state index in [4.69, 9.17) is 9.79 Å². The van der Waals surface area contributed by atoms with Crippen LogP contribution in [0.1, 0.15) is 13.3 Å². The highest BCUT2D eigenvalue weighted by atomic mass is 31.2. The molecule has 0 atom stereocenters. The van der Waals surface area contributed by atoms with Crippen LogP contribution in [0.3, 0.4) is 0 Å². The zero-order valence-electron chi connectivity index (χ0n) is 8.04. The van der Waals surface area contributed by atoms with E-state index in [1.165, 1.54) is 11.9 Å². The van der Waals surface area contributed by atoms with Gasteiger partial charge in [0.05, 0.1) is 0 Å². The van der Waals surface area contributed by atoms with Crippen molar-refractivity contribution in [3.8, 4) is 0 Å². The van der Waals surface area contributed by atoms with Crippen LogP contribution < -0.4 is 0 Å². The maximum absolute atomic E-state index is 11.0. The Balaban J connectivity index is 3.69. The monoisotopic (exact) mass is 227 g/mol. The fourth-order valence-corrected chi connectivity index (χ4v) is 0.872. The van der Waals surface area contributed by atoms with Crippen LogP contribution in [0.5, 0.6) is 0 Å². The van der Waals surface area contributed by atoms with Crippen molar-refractivity contribution in [3.63, 3.8) is 0 Å². The molecule has 0 aromatic heterocycles. The molecule has 0 rings (SSSR count). The minimum Gasteiger partial charge on any atom is -0.422 e. The summed E-state index contributed by atoms with van der Waals surface area (Å²) in [6, 6.07) is 0. The lowest BCUT2D eigenvalue weighted by Gasteiger charge is -2.15. The Morgan fingerprint density at radius 1 is 1.50 bits per heavy atom. The molecule has 0 aromatic rings. The molecule has 0 radical (unpaired) electrons. The van der Waals surface area contributed by atoms with Crippen LogP contribution in [0.2, 0.25) is 0 Å². The van der Waals surface area contributed by atoms with Crippen molar-refractivity contribution in [3.05, 3.63) is 0 Å². The Hall–Kier alpha value is -0.620. The Labute approximate surface area is 81.9 Å². The topological polar surface area (TPSA) is 96.3 Å². The molecule has 0 spiro atoms. The fourth-order valence-electron chi connectivity index (χ4n) is 0.682. The van der Waals surface area contributed by atoms with E-state index in [2.05, 4.69) is 9.26 Å². The molecule has 0 saturated carbocycles. The van der Waals surface area contributed by atoms with Crippen LogP contribution in [0.4, 0.5) is 4.79 Å². The van der Waals surface area contributed by atoms with Crippen LogP contribution in [-0.2, 0) is 13.8 Å². The first kappa shape index (κ1) is 13.4. The van der Waals surface area contributed by atoms with Gasteiger partial charge in [0.2, 0.25) is 6.79 Å². The van der Waals surface area contributed by atoms with E-state index in [1.54, 1.807) is 0 Å². The number of phosphoric ester groups is 1. The molecule has 0 aliphatic rings. The molecule has 2 N–H and O–H groups in total. The lowest BCUT2D eigenvalue weighted by atomic mass is 10.5.